The summed E-state index contributed by atoms with van der Waals surface area (Å²) in [7, 11) is 0. The molecule has 0 bridgehead atoms. The van der Waals surface area contributed by atoms with Crippen LogP contribution in [0.25, 0.3) is 0 Å². The number of nitrogens with zero attached hydrogens (tertiary/aromatic N) is 3. The molecular formula is C26H37N5O4. The average Bonchev–Trinajstić information content (AvgIpc) is 3.42. The summed E-state index contributed by atoms with van der Waals surface area (Å²) in [5.74, 6) is 1.13. The van der Waals surface area contributed by atoms with E-state index >= 15 is 0 Å². The molecule has 9 heteroatoms. The molecule has 1 fully saturated rings. The number of nitriles is 1. The van der Waals surface area contributed by atoms with Gasteiger partial charge < -0.3 is 24.4 Å². The summed E-state index contributed by atoms with van der Waals surface area (Å²) in [4.78, 5) is 27.4. The van der Waals surface area contributed by atoms with Crippen LogP contribution in [0.5, 0.6) is 0 Å². The molecule has 0 spiro atoms. The van der Waals surface area contributed by atoms with Crippen molar-refractivity contribution in [2.24, 2.45) is 5.92 Å². The second kappa shape index (κ2) is 12.6. The molecule has 1 aliphatic rings. The SMILES string of the molecule is Cc1c(C#N)c(NC(=O)CN2CCC(C(=O)NCCCOC(C)C)CC2)n(Cc2ccco2)c1C. The van der Waals surface area contributed by atoms with Crippen molar-refractivity contribution < 1.29 is 18.7 Å². The van der Waals surface area contributed by atoms with Crippen LogP contribution in [0.4, 0.5) is 5.82 Å². The Morgan fingerprint density at radius 3 is 2.66 bits per heavy atom. The number of amides is 2. The summed E-state index contributed by atoms with van der Waals surface area (Å²) < 4.78 is 12.9. The van der Waals surface area contributed by atoms with E-state index in [-0.39, 0.29) is 30.4 Å². The van der Waals surface area contributed by atoms with E-state index in [9.17, 15) is 14.9 Å². The van der Waals surface area contributed by atoms with Crippen molar-refractivity contribution in [1.29, 1.82) is 5.26 Å². The zero-order valence-corrected chi connectivity index (χ0v) is 21.2. The van der Waals surface area contributed by atoms with Gasteiger partial charge in [0.2, 0.25) is 11.8 Å². The normalized spacial score (nSPS) is 14.7. The summed E-state index contributed by atoms with van der Waals surface area (Å²) >= 11 is 0. The third-order valence-electron chi connectivity index (χ3n) is 6.49. The van der Waals surface area contributed by atoms with Crippen molar-refractivity contribution in [3.63, 3.8) is 0 Å². The lowest BCUT2D eigenvalue weighted by molar-refractivity contribution is -0.126. The molecule has 35 heavy (non-hydrogen) atoms. The number of likely N-dealkylation sites (tertiary alicyclic amines) is 1. The molecule has 2 aromatic heterocycles. The molecule has 0 aromatic carbocycles. The third-order valence-corrected chi connectivity index (χ3v) is 6.49. The van der Waals surface area contributed by atoms with Crippen LogP contribution in [0.15, 0.2) is 22.8 Å². The summed E-state index contributed by atoms with van der Waals surface area (Å²) in [6, 6.07) is 5.91. The van der Waals surface area contributed by atoms with Gasteiger partial charge >= 0.3 is 0 Å². The average molecular weight is 484 g/mol. The summed E-state index contributed by atoms with van der Waals surface area (Å²) in [5.41, 5.74) is 2.23. The van der Waals surface area contributed by atoms with Gasteiger partial charge in [-0.1, -0.05) is 0 Å². The maximum Gasteiger partial charge on any atom is 0.239 e. The Labute approximate surface area is 207 Å². The first-order valence-electron chi connectivity index (χ1n) is 12.3. The van der Waals surface area contributed by atoms with E-state index in [0.717, 1.165) is 36.3 Å². The Hall–Kier alpha value is -3.09. The monoisotopic (exact) mass is 483 g/mol. The van der Waals surface area contributed by atoms with E-state index in [0.29, 0.717) is 44.2 Å². The zero-order chi connectivity index (χ0) is 25.4. The standard InChI is InChI=1S/C26H37N5O4/c1-18(2)34-14-6-10-28-26(33)21-8-11-30(12-9-21)17-24(32)29-25-23(15-27)19(3)20(4)31(25)16-22-7-5-13-35-22/h5,7,13,18,21H,6,8-12,14,16-17H2,1-4H3,(H,28,33)(H,29,32). The van der Waals surface area contributed by atoms with Gasteiger partial charge in [0.15, 0.2) is 0 Å². The van der Waals surface area contributed by atoms with Gasteiger partial charge in [0, 0.05) is 24.8 Å². The van der Waals surface area contributed by atoms with Crippen molar-refractivity contribution in [2.45, 2.75) is 59.6 Å². The number of hydrogen-bond acceptors (Lipinski definition) is 6. The van der Waals surface area contributed by atoms with Crippen LogP contribution in [0.3, 0.4) is 0 Å². The van der Waals surface area contributed by atoms with Crippen molar-refractivity contribution in [1.82, 2.24) is 14.8 Å². The summed E-state index contributed by atoms with van der Waals surface area (Å²) in [5, 5.41) is 15.7. The van der Waals surface area contributed by atoms with Crippen LogP contribution in [0.2, 0.25) is 0 Å². The molecule has 1 aliphatic heterocycles. The van der Waals surface area contributed by atoms with E-state index in [1.807, 2.05) is 44.4 Å². The lowest BCUT2D eigenvalue weighted by atomic mass is 9.96. The number of anilines is 1. The van der Waals surface area contributed by atoms with Crippen molar-refractivity contribution in [2.75, 3.05) is 38.1 Å². The van der Waals surface area contributed by atoms with Crippen molar-refractivity contribution in [3.8, 4) is 6.07 Å². The number of rotatable bonds is 11. The Morgan fingerprint density at radius 2 is 2.03 bits per heavy atom. The fourth-order valence-corrected chi connectivity index (χ4v) is 4.36. The van der Waals surface area contributed by atoms with Crippen LogP contribution in [0, 0.1) is 31.1 Å². The quantitative estimate of drug-likeness (QED) is 0.475. The predicted molar refractivity (Wildman–Crippen MR) is 133 cm³/mol. The highest BCUT2D eigenvalue weighted by Crippen LogP contribution is 2.27. The smallest absolute Gasteiger partial charge is 0.239 e. The van der Waals surface area contributed by atoms with E-state index in [4.69, 9.17) is 9.15 Å². The van der Waals surface area contributed by atoms with Crippen LogP contribution >= 0.6 is 0 Å². The number of carbonyl (C=O) groups excluding carboxylic acids is 2. The minimum atomic E-state index is -0.173. The topological polar surface area (TPSA) is 113 Å². The third kappa shape index (κ3) is 7.20. The molecule has 0 unspecified atom stereocenters. The van der Waals surface area contributed by atoms with Gasteiger partial charge in [0.05, 0.1) is 31.0 Å². The number of piperidine rings is 1. The molecule has 2 aromatic rings. The molecular weight excluding hydrogens is 446 g/mol. The predicted octanol–water partition coefficient (Wildman–Crippen LogP) is 3.20. The minimum Gasteiger partial charge on any atom is -0.467 e. The number of ether oxygens (including phenoxy) is 1. The zero-order valence-electron chi connectivity index (χ0n) is 21.2. The lowest BCUT2D eigenvalue weighted by Gasteiger charge is -2.30. The molecule has 2 N–H and O–H groups in total. The van der Waals surface area contributed by atoms with E-state index < -0.39 is 0 Å². The fraction of sp³-hybridized carbons (Fsp3) is 0.577. The minimum absolute atomic E-state index is 0.0265. The van der Waals surface area contributed by atoms with Crippen LogP contribution < -0.4 is 10.6 Å². The van der Waals surface area contributed by atoms with E-state index in [1.165, 1.54) is 0 Å². The van der Waals surface area contributed by atoms with Gasteiger partial charge in [0.1, 0.15) is 17.6 Å². The number of carbonyl (C=O) groups is 2. The molecule has 0 aliphatic carbocycles. The summed E-state index contributed by atoms with van der Waals surface area (Å²) in [6.45, 7) is 11.1. The molecule has 3 rings (SSSR count). The van der Waals surface area contributed by atoms with Crippen LogP contribution in [-0.4, -0.2) is 60.2 Å². The molecule has 1 saturated heterocycles. The van der Waals surface area contributed by atoms with Gasteiger partial charge in [-0.3, -0.25) is 14.5 Å². The Morgan fingerprint density at radius 1 is 1.29 bits per heavy atom. The first-order chi connectivity index (χ1) is 16.8. The van der Waals surface area contributed by atoms with E-state index in [2.05, 4.69) is 21.6 Å². The van der Waals surface area contributed by atoms with Gasteiger partial charge in [-0.2, -0.15) is 5.26 Å². The molecule has 0 saturated carbocycles. The van der Waals surface area contributed by atoms with Gasteiger partial charge in [-0.15, -0.1) is 0 Å². The van der Waals surface area contributed by atoms with Gasteiger partial charge in [0.25, 0.3) is 0 Å². The number of nitrogens with one attached hydrogen (secondary N) is 2. The highest BCUT2D eigenvalue weighted by Gasteiger charge is 2.27. The largest absolute Gasteiger partial charge is 0.467 e. The molecule has 2 amide bonds. The van der Waals surface area contributed by atoms with Crippen LogP contribution in [-0.2, 0) is 20.9 Å². The molecule has 190 valence electrons. The summed E-state index contributed by atoms with van der Waals surface area (Å²) in [6.07, 6.45) is 4.05. The first kappa shape index (κ1) is 26.5. The fourth-order valence-electron chi connectivity index (χ4n) is 4.36. The van der Waals surface area contributed by atoms with Gasteiger partial charge in [-0.05, 0) is 77.7 Å². The Balaban J connectivity index is 1.50. The molecule has 9 nitrogen and oxygen atoms in total. The molecule has 0 radical (unpaired) electrons. The lowest BCUT2D eigenvalue weighted by Crippen LogP contribution is -2.43. The Bertz CT molecular complexity index is 1030. The molecule has 3 heterocycles. The number of aromatic nitrogens is 1. The maximum atomic E-state index is 12.9. The van der Waals surface area contributed by atoms with Crippen molar-refractivity contribution in [3.05, 3.63) is 41.0 Å². The van der Waals surface area contributed by atoms with E-state index in [1.54, 1.807) is 6.26 Å². The van der Waals surface area contributed by atoms with Crippen LogP contribution in [0.1, 0.15) is 55.7 Å². The first-order valence-corrected chi connectivity index (χ1v) is 12.3. The number of hydrogen-bond donors (Lipinski definition) is 2. The highest BCUT2D eigenvalue weighted by atomic mass is 16.5. The maximum absolute atomic E-state index is 12.9. The number of furan rings is 1. The Kier molecular flexibility index (Phi) is 9.52. The van der Waals surface area contributed by atoms with Crippen molar-refractivity contribution >= 4 is 17.6 Å². The highest BCUT2D eigenvalue weighted by molar-refractivity contribution is 5.93. The second-order valence-corrected chi connectivity index (χ2v) is 9.37. The second-order valence-electron chi connectivity index (χ2n) is 9.37. The molecule has 0 atom stereocenters. The van der Waals surface area contributed by atoms with Gasteiger partial charge in [-0.25, -0.2) is 0 Å².